The van der Waals surface area contributed by atoms with Crippen molar-refractivity contribution >= 4 is 17.8 Å². The predicted molar refractivity (Wildman–Crippen MR) is 82.0 cm³/mol. The Balaban J connectivity index is 1.95. The second-order valence-corrected chi connectivity index (χ2v) is 4.82. The number of aliphatic imine (C=N–C) groups is 1. The summed E-state index contributed by atoms with van der Waals surface area (Å²) in [6.45, 7) is 0. The lowest BCUT2D eigenvalue weighted by molar-refractivity contribution is -0.115. The highest BCUT2D eigenvalue weighted by molar-refractivity contribution is 6.19. The standard InChI is InChI=1S/C17H12F2N2O2/c1-23-15-7-6-10(8-13(15)19)9-14-17(22)21-16(20-14)11-4-2-3-5-12(11)18/h2-9H,1H3,(H,20,21,22)/b14-9+. The fourth-order valence-electron chi connectivity index (χ4n) is 2.18. The van der Waals surface area contributed by atoms with Gasteiger partial charge in [-0.1, -0.05) is 18.2 Å². The third-order valence-corrected chi connectivity index (χ3v) is 3.31. The third kappa shape index (κ3) is 2.96. The molecule has 1 aliphatic heterocycles. The van der Waals surface area contributed by atoms with E-state index in [9.17, 15) is 13.6 Å². The van der Waals surface area contributed by atoms with E-state index in [2.05, 4.69) is 10.3 Å². The van der Waals surface area contributed by atoms with Gasteiger partial charge in [0.1, 0.15) is 17.3 Å². The predicted octanol–water partition coefficient (Wildman–Crippen LogP) is 2.89. The molecule has 116 valence electrons. The molecule has 1 amide bonds. The Labute approximate surface area is 131 Å². The van der Waals surface area contributed by atoms with Gasteiger partial charge in [-0.05, 0) is 35.9 Å². The van der Waals surface area contributed by atoms with Crippen LogP contribution in [0.2, 0.25) is 0 Å². The normalized spacial score (nSPS) is 15.5. The highest BCUT2D eigenvalue weighted by atomic mass is 19.1. The molecule has 1 heterocycles. The molecule has 1 N–H and O–H groups in total. The number of hydrogen-bond donors (Lipinski definition) is 1. The zero-order valence-corrected chi connectivity index (χ0v) is 12.1. The minimum atomic E-state index is -0.543. The van der Waals surface area contributed by atoms with E-state index in [4.69, 9.17) is 4.74 Å². The van der Waals surface area contributed by atoms with Crippen LogP contribution in [-0.2, 0) is 4.79 Å². The summed E-state index contributed by atoms with van der Waals surface area (Å²) in [5.41, 5.74) is 0.727. The molecule has 0 aliphatic carbocycles. The first kappa shape index (κ1) is 14.9. The summed E-state index contributed by atoms with van der Waals surface area (Å²) in [5, 5.41) is 2.50. The van der Waals surface area contributed by atoms with Crippen LogP contribution >= 0.6 is 0 Å². The maximum atomic E-state index is 13.7. The zero-order valence-electron chi connectivity index (χ0n) is 12.1. The topological polar surface area (TPSA) is 50.7 Å². The molecule has 0 saturated carbocycles. The van der Waals surface area contributed by atoms with Crippen LogP contribution in [0, 0.1) is 11.6 Å². The lowest BCUT2D eigenvalue weighted by atomic mass is 10.2. The van der Waals surface area contributed by atoms with Crippen LogP contribution in [-0.4, -0.2) is 18.9 Å². The smallest absolute Gasteiger partial charge is 0.275 e. The van der Waals surface area contributed by atoms with Crippen molar-refractivity contribution in [3.63, 3.8) is 0 Å². The molecule has 0 radical (unpaired) electrons. The number of amidine groups is 1. The monoisotopic (exact) mass is 314 g/mol. The number of methoxy groups -OCH3 is 1. The fourth-order valence-corrected chi connectivity index (χ4v) is 2.18. The molecule has 0 bridgehead atoms. The summed E-state index contributed by atoms with van der Waals surface area (Å²) >= 11 is 0. The van der Waals surface area contributed by atoms with Gasteiger partial charge in [0.25, 0.3) is 5.91 Å². The van der Waals surface area contributed by atoms with Gasteiger partial charge < -0.3 is 10.1 Å². The lowest BCUT2D eigenvalue weighted by Gasteiger charge is -2.02. The summed E-state index contributed by atoms with van der Waals surface area (Å²) in [7, 11) is 1.37. The van der Waals surface area contributed by atoms with Gasteiger partial charge in [0.05, 0.1) is 12.7 Å². The number of ether oxygens (including phenoxy) is 1. The summed E-state index contributed by atoms with van der Waals surface area (Å²) in [6.07, 6.45) is 1.42. The van der Waals surface area contributed by atoms with E-state index in [0.29, 0.717) is 5.56 Å². The molecule has 2 aromatic carbocycles. The van der Waals surface area contributed by atoms with Crippen molar-refractivity contribution in [2.45, 2.75) is 0 Å². The van der Waals surface area contributed by atoms with E-state index in [-0.39, 0.29) is 22.8 Å². The molecule has 3 rings (SSSR count). The van der Waals surface area contributed by atoms with Gasteiger partial charge >= 0.3 is 0 Å². The van der Waals surface area contributed by atoms with Crippen LogP contribution in [0.15, 0.2) is 53.2 Å². The highest BCUT2D eigenvalue weighted by Crippen LogP contribution is 2.21. The number of carbonyl (C=O) groups is 1. The van der Waals surface area contributed by atoms with Gasteiger partial charge in [-0.2, -0.15) is 0 Å². The second kappa shape index (κ2) is 6.00. The molecule has 23 heavy (non-hydrogen) atoms. The van der Waals surface area contributed by atoms with Gasteiger partial charge in [0.15, 0.2) is 11.6 Å². The van der Waals surface area contributed by atoms with Crippen molar-refractivity contribution in [2.24, 2.45) is 4.99 Å². The number of rotatable bonds is 3. The lowest BCUT2D eigenvalue weighted by Crippen LogP contribution is -2.25. The number of nitrogens with one attached hydrogen (secondary N) is 1. The van der Waals surface area contributed by atoms with Gasteiger partial charge in [0.2, 0.25) is 0 Å². The maximum Gasteiger partial charge on any atom is 0.275 e. The molecule has 4 nitrogen and oxygen atoms in total. The highest BCUT2D eigenvalue weighted by Gasteiger charge is 2.23. The van der Waals surface area contributed by atoms with Crippen molar-refractivity contribution in [3.05, 3.63) is 70.9 Å². The molecule has 0 aromatic heterocycles. The van der Waals surface area contributed by atoms with Crippen LogP contribution in [0.4, 0.5) is 8.78 Å². The van der Waals surface area contributed by atoms with E-state index in [1.54, 1.807) is 18.2 Å². The summed E-state index contributed by atoms with van der Waals surface area (Å²) in [4.78, 5) is 16.0. The first-order chi connectivity index (χ1) is 11.1. The Morgan fingerprint density at radius 3 is 2.61 bits per heavy atom. The molecule has 6 heteroatoms. The summed E-state index contributed by atoms with van der Waals surface area (Å²) < 4.78 is 32.3. The molecular formula is C17H12F2N2O2. The van der Waals surface area contributed by atoms with Gasteiger partial charge in [-0.15, -0.1) is 0 Å². The average molecular weight is 314 g/mol. The number of carbonyl (C=O) groups excluding carboxylic acids is 1. The molecule has 0 unspecified atom stereocenters. The molecule has 2 aromatic rings. The largest absolute Gasteiger partial charge is 0.494 e. The van der Waals surface area contributed by atoms with E-state index >= 15 is 0 Å². The number of amides is 1. The Morgan fingerprint density at radius 1 is 1.13 bits per heavy atom. The van der Waals surface area contributed by atoms with E-state index < -0.39 is 17.5 Å². The van der Waals surface area contributed by atoms with Crippen molar-refractivity contribution in [1.29, 1.82) is 0 Å². The van der Waals surface area contributed by atoms with Crippen molar-refractivity contribution in [3.8, 4) is 5.75 Å². The van der Waals surface area contributed by atoms with Crippen molar-refractivity contribution in [2.75, 3.05) is 7.11 Å². The Kier molecular flexibility index (Phi) is 3.89. The maximum absolute atomic E-state index is 13.7. The SMILES string of the molecule is COc1ccc(/C=C2/N=C(c3ccccc3F)NC2=O)cc1F. The molecule has 0 saturated heterocycles. The van der Waals surface area contributed by atoms with Crippen LogP contribution in [0.1, 0.15) is 11.1 Å². The molecular weight excluding hydrogens is 302 g/mol. The fraction of sp³-hybridized carbons (Fsp3) is 0.0588. The number of halogens is 2. The minimum Gasteiger partial charge on any atom is -0.494 e. The van der Waals surface area contributed by atoms with Gasteiger partial charge in [0, 0.05) is 0 Å². The Bertz CT molecular complexity index is 844. The molecule has 0 fully saturated rings. The summed E-state index contributed by atoms with van der Waals surface area (Å²) in [5.74, 6) is -1.26. The first-order valence-electron chi connectivity index (χ1n) is 6.78. The molecule has 1 aliphatic rings. The third-order valence-electron chi connectivity index (χ3n) is 3.31. The number of benzene rings is 2. The van der Waals surface area contributed by atoms with Crippen LogP contribution in [0.25, 0.3) is 6.08 Å². The Morgan fingerprint density at radius 2 is 1.91 bits per heavy atom. The van der Waals surface area contributed by atoms with E-state index in [0.717, 1.165) is 0 Å². The summed E-state index contributed by atoms with van der Waals surface area (Å²) in [6, 6.07) is 10.3. The number of hydrogen-bond acceptors (Lipinski definition) is 3. The van der Waals surface area contributed by atoms with Gasteiger partial charge in [-0.25, -0.2) is 13.8 Å². The van der Waals surface area contributed by atoms with Gasteiger partial charge in [-0.3, -0.25) is 4.79 Å². The minimum absolute atomic E-state index is 0.0767. The van der Waals surface area contributed by atoms with Crippen LogP contribution < -0.4 is 10.1 Å². The molecule has 0 spiro atoms. The molecule has 0 atom stereocenters. The van der Waals surface area contributed by atoms with E-state index in [1.807, 2.05) is 0 Å². The van der Waals surface area contributed by atoms with Crippen molar-refractivity contribution < 1.29 is 18.3 Å². The van der Waals surface area contributed by atoms with Crippen molar-refractivity contribution in [1.82, 2.24) is 5.32 Å². The van der Waals surface area contributed by atoms with E-state index in [1.165, 1.54) is 37.5 Å². The Hall–Kier alpha value is -3.02. The zero-order chi connectivity index (χ0) is 16.4. The first-order valence-corrected chi connectivity index (χ1v) is 6.78. The average Bonchev–Trinajstić information content (AvgIpc) is 2.89. The quantitative estimate of drug-likeness (QED) is 0.886. The van der Waals surface area contributed by atoms with Crippen LogP contribution in [0.3, 0.4) is 0 Å². The van der Waals surface area contributed by atoms with Crippen LogP contribution in [0.5, 0.6) is 5.75 Å². The second-order valence-electron chi connectivity index (χ2n) is 4.82. The number of nitrogens with zero attached hydrogens (tertiary/aromatic N) is 1.